The van der Waals surface area contributed by atoms with Crippen LogP contribution in [-0.2, 0) is 4.74 Å². The minimum atomic E-state index is -0.236. The van der Waals surface area contributed by atoms with Crippen molar-refractivity contribution in [2.24, 2.45) is 4.99 Å². The number of fused-ring (bicyclic) bond motifs is 1. The molecule has 27 heavy (non-hydrogen) atoms. The Kier molecular flexibility index (Phi) is 5.03. The highest BCUT2D eigenvalue weighted by molar-refractivity contribution is 6.06. The predicted octanol–water partition coefficient (Wildman–Crippen LogP) is 4.02. The van der Waals surface area contributed by atoms with Crippen LogP contribution in [0.15, 0.2) is 59.6 Å². The molecule has 0 radical (unpaired) electrons. The highest BCUT2D eigenvalue weighted by Crippen LogP contribution is 2.31. The molecule has 0 fully saturated rings. The lowest BCUT2D eigenvalue weighted by molar-refractivity contribution is 0.146. The third kappa shape index (κ3) is 3.78. The van der Waals surface area contributed by atoms with Crippen LogP contribution in [0.1, 0.15) is 5.56 Å². The van der Waals surface area contributed by atoms with Crippen LogP contribution in [-0.4, -0.2) is 39.2 Å². The summed E-state index contributed by atoms with van der Waals surface area (Å²) in [4.78, 5) is 4.54. The van der Waals surface area contributed by atoms with Gasteiger partial charge in [-0.2, -0.15) is 0 Å². The van der Waals surface area contributed by atoms with Gasteiger partial charge in [0.25, 0.3) is 0 Å². The first-order valence-corrected chi connectivity index (χ1v) is 8.99. The normalized spacial score (nSPS) is 13.5. The van der Waals surface area contributed by atoms with Gasteiger partial charge in [0.2, 0.25) is 0 Å². The molecule has 0 spiro atoms. The Balaban J connectivity index is 1.78. The van der Waals surface area contributed by atoms with Crippen molar-refractivity contribution in [1.29, 1.82) is 0 Å². The lowest BCUT2D eigenvalue weighted by Crippen LogP contribution is -2.20. The predicted molar refractivity (Wildman–Crippen MR) is 106 cm³/mol. The summed E-state index contributed by atoms with van der Waals surface area (Å²) in [5.41, 5.74) is 2.77. The van der Waals surface area contributed by atoms with Gasteiger partial charge in [0, 0.05) is 13.7 Å². The van der Waals surface area contributed by atoms with E-state index in [0.29, 0.717) is 13.2 Å². The first-order chi connectivity index (χ1) is 13.2. The van der Waals surface area contributed by atoms with E-state index in [1.807, 2.05) is 24.3 Å². The summed E-state index contributed by atoms with van der Waals surface area (Å²) in [7, 11) is 1.65. The molecule has 3 aromatic carbocycles. The second-order valence-corrected chi connectivity index (χ2v) is 6.42. The molecule has 4 rings (SSSR count). The Labute approximate surface area is 157 Å². The molecule has 1 N–H and O–H groups in total. The fraction of sp³-hybridized carbons (Fsp3) is 0.227. The minimum absolute atomic E-state index is 0.236. The Morgan fingerprint density at radius 3 is 2.67 bits per heavy atom. The van der Waals surface area contributed by atoms with Crippen LogP contribution in [0.5, 0.6) is 5.75 Å². The fourth-order valence-corrected chi connectivity index (χ4v) is 3.24. The zero-order chi connectivity index (χ0) is 18.6. The lowest BCUT2D eigenvalue weighted by atomic mass is 9.99. The minimum Gasteiger partial charge on any atom is -0.490 e. The second kappa shape index (κ2) is 7.76. The van der Waals surface area contributed by atoms with E-state index in [1.54, 1.807) is 19.2 Å². The average molecular weight is 364 g/mol. The van der Waals surface area contributed by atoms with E-state index in [2.05, 4.69) is 22.4 Å². The molecular formula is C22H21FN2O2. The van der Waals surface area contributed by atoms with E-state index in [9.17, 15) is 4.39 Å². The van der Waals surface area contributed by atoms with Crippen LogP contribution in [0, 0.1) is 5.82 Å². The second-order valence-electron chi connectivity index (χ2n) is 6.42. The van der Waals surface area contributed by atoms with Gasteiger partial charge in [-0.05, 0) is 52.2 Å². The molecule has 5 heteroatoms. The third-order valence-electron chi connectivity index (χ3n) is 4.57. The first-order valence-electron chi connectivity index (χ1n) is 8.99. The van der Waals surface area contributed by atoms with Crippen molar-refractivity contribution in [1.82, 2.24) is 5.32 Å². The summed E-state index contributed by atoms with van der Waals surface area (Å²) >= 11 is 0. The number of hydrogen-bond donors (Lipinski definition) is 1. The van der Waals surface area contributed by atoms with Crippen molar-refractivity contribution in [3.05, 3.63) is 66.0 Å². The van der Waals surface area contributed by atoms with Crippen molar-refractivity contribution in [2.75, 3.05) is 33.4 Å². The maximum absolute atomic E-state index is 13.6. The molecule has 0 unspecified atom stereocenters. The van der Waals surface area contributed by atoms with Crippen molar-refractivity contribution in [3.63, 3.8) is 0 Å². The molecule has 0 bridgehead atoms. The number of aliphatic imine (C=N–C) groups is 1. The van der Waals surface area contributed by atoms with E-state index >= 15 is 0 Å². The lowest BCUT2D eigenvalue weighted by Gasteiger charge is -2.14. The Bertz CT molecular complexity index is 1000. The number of halogens is 1. The molecule has 0 aromatic heterocycles. The summed E-state index contributed by atoms with van der Waals surface area (Å²) in [5.74, 6) is 1.39. The van der Waals surface area contributed by atoms with Gasteiger partial charge in [-0.3, -0.25) is 4.99 Å². The van der Waals surface area contributed by atoms with E-state index < -0.39 is 0 Å². The van der Waals surface area contributed by atoms with E-state index in [-0.39, 0.29) is 5.82 Å². The van der Waals surface area contributed by atoms with Crippen LogP contribution in [0.2, 0.25) is 0 Å². The maximum Gasteiger partial charge on any atom is 0.132 e. The van der Waals surface area contributed by atoms with Crippen LogP contribution < -0.4 is 10.1 Å². The van der Waals surface area contributed by atoms with Gasteiger partial charge in [0.15, 0.2) is 0 Å². The molecule has 0 saturated carbocycles. The van der Waals surface area contributed by atoms with Crippen LogP contribution in [0.25, 0.3) is 21.9 Å². The molecular weight excluding hydrogens is 343 g/mol. The highest BCUT2D eigenvalue weighted by Gasteiger charge is 2.15. The number of hydrogen-bond acceptors (Lipinski definition) is 4. The number of nitrogens with one attached hydrogen (secondary N) is 1. The zero-order valence-electron chi connectivity index (χ0n) is 15.2. The fourth-order valence-electron chi connectivity index (χ4n) is 3.24. The van der Waals surface area contributed by atoms with Crippen LogP contribution in [0.3, 0.4) is 0 Å². The first kappa shape index (κ1) is 17.5. The molecule has 0 saturated heterocycles. The molecule has 3 aromatic rings. The Morgan fingerprint density at radius 1 is 1.00 bits per heavy atom. The van der Waals surface area contributed by atoms with E-state index in [1.165, 1.54) is 6.07 Å². The average Bonchev–Trinajstić information content (AvgIpc) is 3.22. The third-order valence-corrected chi connectivity index (χ3v) is 4.57. The maximum atomic E-state index is 13.6. The highest BCUT2D eigenvalue weighted by atomic mass is 19.1. The topological polar surface area (TPSA) is 42.9 Å². The number of amidine groups is 1. The van der Waals surface area contributed by atoms with Crippen molar-refractivity contribution >= 4 is 16.6 Å². The summed E-state index contributed by atoms with van der Waals surface area (Å²) in [6, 6.07) is 16.9. The van der Waals surface area contributed by atoms with E-state index in [0.717, 1.165) is 52.1 Å². The smallest absolute Gasteiger partial charge is 0.132 e. The molecule has 1 aliphatic heterocycles. The SMILES string of the molecule is COCCOc1cc2ccc(-c3cccc(F)c3)cc2cc1C1=NCCN1. The standard InChI is InChI=1S/C22H21FN2O2/c1-26-9-10-27-21-14-17-6-5-16(15-3-2-4-19(23)12-15)11-18(17)13-20(21)22-24-7-8-25-22/h2-6,11-14H,7-10H2,1H3,(H,24,25). The van der Waals surface area contributed by atoms with Gasteiger partial charge in [-0.1, -0.05) is 24.3 Å². The molecule has 138 valence electrons. The number of rotatable bonds is 6. The van der Waals surface area contributed by atoms with Gasteiger partial charge >= 0.3 is 0 Å². The Hall–Kier alpha value is -2.92. The molecule has 0 atom stereocenters. The van der Waals surface area contributed by atoms with Crippen LogP contribution >= 0.6 is 0 Å². The van der Waals surface area contributed by atoms with E-state index in [4.69, 9.17) is 9.47 Å². The number of benzene rings is 3. The number of nitrogens with zero attached hydrogens (tertiary/aromatic N) is 1. The van der Waals surface area contributed by atoms with Gasteiger partial charge in [-0.15, -0.1) is 0 Å². The zero-order valence-corrected chi connectivity index (χ0v) is 15.2. The molecule has 1 heterocycles. The number of ether oxygens (including phenoxy) is 2. The summed E-state index contributed by atoms with van der Waals surface area (Å²) in [6.45, 7) is 2.59. The van der Waals surface area contributed by atoms with Gasteiger partial charge in [-0.25, -0.2) is 4.39 Å². The molecule has 0 amide bonds. The van der Waals surface area contributed by atoms with Gasteiger partial charge in [0.1, 0.15) is 24.0 Å². The van der Waals surface area contributed by atoms with Crippen molar-refractivity contribution < 1.29 is 13.9 Å². The quantitative estimate of drug-likeness (QED) is 0.672. The van der Waals surface area contributed by atoms with Gasteiger partial charge < -0.3 is 14.8 Å². The summed E-state index contributed by atoms with van der Waals surface area (Å²) < 4.78 is 24.6. The summed E-state index contributed by atoms with van der Waals surface area (Å²) in [6.07, 6.45) is 0. The Morgan fingerprint density at radius 2 is 1.89 bits per heavy atom. The monoisotopic (exact) mass is 364 g/mol. The largest absolute Gasteiger partial charge is 0.490 e. The van der Waals surface area contributed by atoms with Crippen LogP contribution in [0.4, 0.5) is 4.39 Å². The molecule has 0 aliphatic carbocycles. The summed E-state index contributed by atoms with van der Waals surface area (Å²) in [5, 5.41) is 5.43. The van der Waals surface area contributed by atoms with Gasteiger partial charge in [0.05, 0.1) is 18.7 Å². The van der Waals surface area contributed by atoms with Crippen molar-refractivity contribution in [2.45, 2.75) is 0 Å². The molecule has 1 aliphatic rings. The van der Waals surface area contributed by atoms with Crippen molar-refractivity contribution in [3.8, 4) is 16.9 Å². The number of methoxy groups -OCH3 is 1. The molecule has 4 nitrogen and oxygen atoms in total.